The van der Waals surface area contributed by atoms with Gasteiger partial charge in [-0.25, -0.2) is 8.42 Å². The second kappa shape index (κ2) is 5.98. The molecule has 1 aromatic rings. The minimum absolute atomic E-state index is 0.0626. The van der Waals surface area contributed by atoms with Crippen molar-refractivity contribution in [3.05, 3.63) is 28.7 Å². The van der Waals surface area contributed by atoms with Crippen LogP contribution in [0.2, 0.25) is 0 Å². The number of sulfone groups is 1. The van der Waals surface area contributed by atoms with Gasteiger partial charge in [-0.3, -0.25) is 4.79 Å². The van der Waals surface area contributed by atoms with Crippen LogP contribution in [0.25, 0.3) is 0 Å². The molecule has 0 radical (unpaired) electrons. The topological polar surface area (TPSA) is 66.8 Å². The molecular weight excluding hydrogens is 388 g/mol. The van der Waals surface area contributed by atoms with Gasteiger partial charge in [0.15, 0.2) is 15.0 Å². The second-order valence-corrected chi connectivity index (χ2v) is 9.57. The number of amidine groups is 1. The number of rotatable bonds is 2. The lowest BCUT2D eigenvalue weighted by atomic mass is 10.2. The zero-order chi connectivity index (χ0) is 15.9. The minimum Gasteiger partial charge on any atom is -0.316 e. The minimum atomic E-state index is -3.03. The molecule has 22 heavy (non-hydrogen) atoms. The first-order valence-corrected chi connectivity index (χ1v) is 10.4. The van der Waals surface area contributed by atoms with Crippen molar-refractivity contribution in [1.29, 1.82) is 0 Å². The average molecular weight is 403 g/mol. The summed E-state index contributed by atoms with van der Waals surface area (Å²) < 4.78 is 24.7. The molecule has 2 aliphatic heterocycles. The Labute approximate surface area is 142 Å². The predicted molar refractivity (Wildman–Crippen MR) is 93.2 cm³/mol. The van der Waals surface area contributed by atoms with Gasteiger partial charge in [-0.1, -0.05) is 40.7 Å². The first-order valence-electron chi connectivity index (χ1n) is 6.93. The van der Waals surface area contributed by atoms with Gasteiger partial charge in [0, 0.05) is 21.8 Å². The molecule has 1 aromatic carbocycles. The van der Waals surface area contributed by atoms with Gasteiger partial charge >= 0.3 is 0 Å². The fraction of sp³-hybridized carbons (Fsp3) is 0.429. The molecule has 8 heteroatoms. The average Bonchev–Trinajstić information content (AvgIpc) is 2.89. The summed E-state index contributed by atoms with van der Waals surface area (Å²) in [7, 11) is -3.03. The quantitative estimate of drug-likeness (QED) is 0.759. The molecule has 0 saturated carbocycles. The molecule has 3 rings (SSSR count). The molecule has 0 N–H and O–H groups in total. The molecule has 118 valence electrons. The molecule has 2 fully saturated rings. The van der Waals surface area contributed by atoms with E-state index in [4.69, 9.17) is 0 Å². The fourth-order valence-corrected chi connectivity index (χ4v) is 7.00. The van der Waals surface area contributed by atoms with Gasteiger partial charge in [0.2, 0.25) is 5.91 Å². The predicted octanol–water partition coefficient (Wildman–Crippen LogP) is 2.46. The maximum atomic E-state index is 11.9. The van der Waals surface area contributed by atoms with E-state index in [-0.39, 0.29) is 28.7 Å². The Kier molecular flexibility index (Phi) is 4.35. The Morgan fingerprint density at radius 3 is 2.91 bits per heavy atom. The summed E-state index contributed by atoms with van der Waals surface area (Å²) in [5, 5.41) is 0.544. The number of carbonyl (C=O) groups is 1. The largest absolute Gasteiger partial charge is 0.316 e. The van der Waals surface area contributed by atoms with Crippen molar-refractivity contribution < 1.29 is 13.2 Å². The number of benzene rings is 1. The molecule has 2 atom stereocenters. The number of thioether (sulfide) groups is 1. The maximum Gasteiger partial charge on any atom is 0.247 e. The number of halogens is 1. The Hall–Kier alpha value is -0.860. The van der Waals surface area contributed by atoms with Crippen molar-refractivity contribution in [2.75, 3.05) is 16.4 Å². The van der Waals surface area contributed by atoms with Gasteiger partial charge in [-0.15, -0.1) is 0 Å². The van der Waals surface area contributed by atoms with Crippen molar-refractivity contribution in [2.45, 2.75) is 24.6 Å². The normalized spacial score (nSPS) is 28.1. The zero-order valence-electron chi connectivity index (χ0n) is 11.9. The van der Waals surface area contributed by atoms with Gasteiger partial charge in [0.05, 0.1) is 17.5 Å². The van der Waals surface area contributed by atoms with Crippen LogP contribution in [0.4, 0.5) is 5.69 Å². The molecule has 0 bridgehead atoms. The molecule has 0 aliphatic carbocycles. The lowest BCUT2D eigenvalue weighted by Crippen LogP contribution is -2.37. The number of fused-ring (bicyclic) bond motifs is 1. The van der Waals surface area contributed by atoms with Crippen LogP contribution in [0.5, 0.6) is 0 Å². The highest BCUT2D eigenvalue weighted by Crippen LogP contribution is 2.41. The van der Waals surface area contributed by atoms with Gasteiger partial charge in [0.1, 0.15) is 0 Å². The van der Waals surface area contributed by atoms with E-state index in [1.54, 1.807) is 6.92 Å². The molecular formula is C14H15BrN2O3S2. The summed E-state index contributed by atoms with van der Waals surface area (Å²) in [5.41, 5.74) is 0.856. The lowest BCUT2D eigenvalue weighted by molar-refractivity contribution is -0.117. The van der Waals surface area contributed by atoms with E-state index in [2.05, 4.69) is 20.9 Å². The molecule has 1 amide bonds. The van der Waals surface area contributed by atoms with Gasteiger partial charge in [-0.05, 0) is 18.2 Å². The number of aliphatic imine (C=N–C) groups is 1. The molecule has 5 nitrogen and oxygen atoms in total. The number of nitrogens with zero attached hydrogens (tertiary/aromatic N) is 2. The van der Waals surface area contributed by atoms with Crippen LogP contribution in [0.15, 0.2) is 33.7 Å². The molecule has 2 aliphatic rings. The first kappa shape index (κ1) is 16.0. The Bertz CT molecular complexity index is 748. The van der Waals surface area contributed by atoms with Crippen molar-refractivity contribution in [3.63, 3.8) is 0 Å². The van der Waals surface area contributed by atoms with E-state index in [0.29, 0.717) is 11.6 Å². The van der Waals surface area contributed by atoms with Crippen LogP contribution in [0.1, 0.15) is 13.3 Å². The third kappa shape index (κ3) is 3.09. The highest BCUT2D eigenvalue weighted by molar-refractivity contribution is 9.10. The Morgan fingerprint density at radius 2 is 2.23 bits per heavy atom. The van der Waals surface area contributed by atoms with Gasteiger partial charge in [0.25, 0.3) is 0 Å². The standard InChI is InChI=1S/C14H15BrN2O3S2/c1-2-13(18)16-14-17(10-5-3-4-9(15)6-10)11-7-22(19,20)8-12(11)21-14/h3-6,11-12H,2,7-8H2,1H3/t11-,12-/m0/s1. The molecule has 0 unspecified atom stereocenters. The third-order valence-corrected chi connectivity index (χ3v) is 7.38. The summed E-state index contributed by atoms with van der Waals surface area (Å²) in [4.78, 5) is 17.8. The van der Waals surface area contributed by atoms with Crippen LogP contribution in [0, 0.1) is 0 Å². The summed E-state index contributed by atoms with van der Waals surface area (Å²) in [6.45, 7) is 1.76. The third-order valence-electron chi connectivity index (χ3n) is 3.68. The molecule has 2 heterocycles. The first-order chi connectivity index (χ1) is 10.4. The highest BCUT2D eigenvalue weighted by atomic mass is 79.9. The fourth-order valence-electron chi connectivity index (χ4n) is 2.68. The van der Waals surface area contributed by atoms with Crippen LogP contribution in [-0.2, 0) is 14.6 Å². The smallest absolute Gasteiger partial charge is 0.247 e. The van der Waals surface area contributed by atoms with Crippen LogP contribution in [-0.4, -0.2) is 42.3 Å². The second-order valence-electron chi connectivity index (χ2n) is 5.29. The number of amides is 1. The van der Waals surface area contributed by atoms with Crippen LogP contribution < -0.4 is 4.90 Å². The number of hydrogen-bond donors (Lipinski definition) is 0. The number of hydrogen-bond acceptors (Lipinski definition) is 4. The SMILES string of the molecule is CCC(=O)N=C1S[C@H]2CS(=O)(=O)C[C@@H]2N1c1cccc(Br)c1. The molecule has 0 aromatic heterocycles. The lowest BCUT2D eigenvalue weighted by Gasteiger charge is -2.24. The molecule has 2 saturated heterocycles. The van der Waals surface area contributed by atoms with Crippen molar-refractivity contribution in [2.24, 2.45) is 4.99 Å². The van der Waals surface area contributed by atoms with Crippen LogP contribution in [0.3, 0.4) is 0 Å². The van der Waals surface area contributed by atoms with Gasteiger partial charge < -0.3 is 4.90 Å². The highest BCUT2D eigenvalue weighted by Gasteiger charge is 2.49. The van der Waals surface area contributed by atoms with Crippen molar-refractivity contribution in [3.8, 4) is 0 Å². The van der Waals surface area contributed by atoms with E-state index >= 15 is 0 Å². The number of carbonyl (C=O) groups excluding carboxylic acids is 1. The van der Waals surface area contributed by atoms with Crippen molar-refractivity contribution >= 4 is 54.3 Å². The van der Waals surface area contributed by atoms with E-state index in [0.717, 1.165) is 10.2 Å². The van der Waals surface area contributed by atoms with Crippen LogP contribution >= 0.6 is 27.7 Å². The summed E-state index contributed by atoms with van der Waals surface area (Å²) in [6.07, 6.45) is 0.337. The Morgan fingerprint density at radius 1 is 1.45 bits per heavy atom. The van der Waals surface area contributed by atoms with E-state index in [1.165, 1.54) is 11.8 Å². The Balaban J connectivity index is 2.03. The van der Waals surface area contributed by atoms with Crippen molar-refractivity contribution in [1.82, 2.24) is 0 Å². The van der Waals surface area contributed by atoms with E-state index in [9.17, 15) is 13.2 Å². The molecule has 0 spiro atoms. The summed E-state index contributed by atoms with van der Waals surface area (Å²) in [5.74, 6) is 0.0632. The van der Waals surface area contributed by atoms with E-state index in [1.807, 2.05) is 29.2 Å². The number of anilines is 1. The maximum absolute atomic E-state index is 11.9. The van der Waals surface area contributed by atoms with Gasteiger partial charge in [-0.2, -0.15) is 4.99 Å². The summed E-state index contributed by atoms with van der Waals surface area (Å²) >= 11 is 4.83. The zero-order valence-corrected chi connectivity index (χ0v) is 15.1. The monoisotopic (exact) mass is 402 g/mol. The van der Waals surface area contributed by atoms with E-state index < -0.39 is 9.84 Å². The summed E-state index contributed by atoms with van der Waals surface area (Å²) in [6, 6.07) is 7.46.